The van der Waals surface area contributed by atoms with Gasteiger partial charge in [-0.3, -0.25) is 0 Å². The van der Waals surface area contributed by atoms with E-state index in [2.05, 4.69) is 33.7 Å². The topological polar surface area (TPSA) is 45.2 Å². The van der Waals surface area contributed by atoms with Gasteiger partial charge < -0.3 is 9.80 Å². The third-order valence-electron chi connectivity index (χ3n) is 3.13. The Morgan fingerprint density at radius 3 is 2.67 bits per heavy atom. The van der Waals surface area contributed by atoms with Gasteiger partial charge in [-0.15, -0.1) is 0 Å². The summed E-state index contributed by atoms with van der Waals surface area (Å²) in [6.45, 7) is 5.38. The molecule has 7 heteroatoms. The number of hydrogen-bond acceptors (Lipinski definition) is 6. The van der Waals surface area contributed by atoms with Crippen LogP contribution in [0.2, 0.25) is 5.28 Å². The van der Waals surface area contributed by atoms with Crippen molar-refractivity contribution < 1.29 is 0 Å². The average Bonchev–Trinajstić information content (AvgIpc) is 2.31. The highest BCUT2D eigenvalue weighted by Gasteiger charge is 2.27. The van der Waals surface area contributed by atoms with E-state index >= 15 is 0 Å². The van der Waals surface area contributed by atoms with Crippen LogP contribution in [0, 0.1) is 0 Å². The van der Waals surface area contributed by atoms with Gasteiger partial charge in [-0.05, 0) is 18.5 Å². The van der Waals surface area contributed by atoms with Crippen LogP contribution in [-0.4, -0.2) is 52.6 Å². The van der Waals surface area contributed by atoms with Crippen molar-refractivity contribution in [2.24, 2.45) is 0 Å². The first kappa shape index (κ1) is 13.7. The lowest BCUT2D eigenvalue weighted by Crippen LogP contribution is -2.45. The molecule has 2 heterocycles. The van der Waals surface area contributed by atoms with Crippen LogP contribution in [-0.2, 0) is 0 Å². The standard InChI is InChI=1S/C11H18ClN5S/c1-7-8(2)18-6-5-17(7)11-14-9(12)13-10(15-11)16(3)4/h7-8H,5-6H2,1-4H3. The maximum Gasteiger partial charge on any atom is 0.231 e. The zero-order chi connectivity index (χ0) is 13.3. The summed E-state index contributed by atoms with van der Waals surface area (Å²) in [4.78, 5) is 16.9. The Bertz CT molecular complexity index is 428. The van der Waals surface area contributed by atoms with E-state index in [1.54, 1.807) is 0 Å². The summed E-state index contributed by atoms with van der Waals surface area (Å²) in [6.07, 6.45) is 0. The second-order valence-corrected chi connectivity index (χ2v) is 6.43. The number of halogens is 1. The molecule has 0 N–H and O–H groups in total. The van der Waals surface area contributed by atoms with E-state index in [4.69, 9.17) is 11.6 Å². The first-order valence-electron chi connectivity index (χ1n) is 5.96. The molecular weight excluding hydrogens is 270 g/mol. The normalized spacial score (nSPS) is 24.2. The Balaban J connectivity index is 2.32. The van der Waals surface area contributed by atoms with Crippen molar-refractivity contribution in [3.8, 4) is 0 Å². The molecule has 0 spiro atoms. The molecule has 1 saturated heterocycles. The molecule has 0 radical (unpaired) electrons. The van der Waals surface area contributed by atoms with Gasteiger partial charge in [0.1, 0.15) is 0 Å². The molecule has 0 bridgehead atoms. The predicted molar refractivity (Wildman–Crippen MR) is 77.9 cm³/mol. The van der Waals surface area contributed by atoms with Gasteiger partial charge in [0, 0.05) is 37.7 Å². The number of rotatable bonds is 2. The van der Waals surface area contributed by atoms with Crippen molar-refractivity contribution in [3.63, 3.8) is 0 Å². The molecule has 0 amide bonds. The fraction of sp³-hybridized carbons (Fsp3) is 0.727. The molecule has 5 nitrogen and oxygen atoms in total. The van der Waals surface area contributed by atoms with Crippen LogP contribution >= 0.6 is 23.4 Å². The van der Waals surface area contributed by atoms with E-state index in [1.807, 2.05) is 30.8 Å². The molecule has 100 valence electrons. The number of hydrogen-bond donors (Lipinski definition) is 0. The van der Waals surface area contributed by atoms with Gasteiger partial charge in [0.25, 0.3) is 0 Å². The second kappa shape index (κ2) is 5.48. The molecule has 2 unspecified atom stereocenters. The Morgan fingerprint density at radius 2 is 2.00 bits per heavy atom. The molecule has 2 atom stereocenters. The molecule has 1 aliphatic rings. The summed E-state index contributed by atoms with van der Waals surface area (Å²) in [7, 11) is 3.79. The second-order valence-electron chi connectivity index (χ2n) is 4.61. The largest absolute Gasteiger partial charge is 0.347 e. The predicted octanol–water partition coefficient (Wildman–Crippen LogP) is 1.92. The molecule has 0 saturated carbocycles. The lowest BCUT2D eigenvalue weighted by atomic mass is 10.2. The maximum absolute atomic E-state index is 5.98. The van der Waals surface area contributed by atoms with Crippen molar-refractivity contribution in [3.05, 3.63) is 5.28 Å². The summed E-state index contributed by atoms with van der Waals surface area (Å²) in [6, 6.07) is 0.400. The summed E-state index contributed by atoms with van der Waals surface area (Å²) in [5, 5.41) is 0.818. The van der Waals surface area contributed by atoms with Crippen molar-refractivity contribution >= 4 is 35.3 Å². The van der Waals surface area contributed by atoms with Crippen LogP contribution in [0.5, 0.6) is 0 Å². The highest BCUT2D eigenvalue weighted by atomic mass is 35.5. The molecule has 0 aliphatic carbocycles. The number of nitrogens with zero attached hydrogens (tertiary/aromatic N) is 5. The lowest BCUT2D eigenvalue weighted by molar-refractivity contribution is 0.610. The van der Waals surface area contributed by atoms with E-state index in [0.717, 1.165) is 12.3 Å². The summed E-state index contributed by atoms with van der Waals surface area (Å²) in [5.74, 6) is 2.37. The van der Waals surface area contributed by atoms with E-state index < -0.39 is 0 Å². The van der Waals surface area contributed by atoms with Gasteiger partial charge >= 0.3 is 0 Å². The molecule has 0 aromatic carbocycles. The number of thioether (sulfide) groups is 1. The SMILES string of the molecule is CC1SCCN(c2nc(Cl)nc(N(C)C)n2)C1C. The minimum absolute atomic E-state index is 0.252. The van der Waals surface area contributed by atoms with Crippen molar-refractivity contribution in [2.75, 3.05) is 36.2 Å². The first-order chi connectivity index (χ1) is 8.49. The van der Waals surface area contributed by atoms with Gasteiger partial charge in [0.2, 0.25) is 17.2 Å². The van der Waals surface area contributed by atoms with E-state index in [9.17, 15) is 0 Å². The zero-order valence-corrected chi connectivity index (χ0v) is 12.7. The van der Waals surface area contributed by atoms with Crippen molar-refractivity contribution in [1.82, 2.24) is 15.0 Å². The van der Waals surface area contributed by atoms with Crippen LogP contribution in [0.25, 0.3) is 0 Å². The Labute approximate surface area is 117 Å². The maximum atomic E-state index is 5.98. The first-order valence-corrected chi connectivity index (χ1v) is 7.39. The highest BCUT2D eigenvalue weighted by Crippen LogP contribution is 2.28. The molecule has 1 aromatic rings. The third-order valence-corrected chi connectivity index (χ3v) is 4.63. The zero-order valence-electron chi connectivity index (χ0n) is 11.1. The third kappa shape index (κ3) is 2.80. The van der Waals surface area contributed by atoms with Gasteiger partial charge in [-0.2, -0.15) is 26.7 Å². The molecule has 1 aromatic heterocycles. The van der Waals surface area contributed by atoms with Crippen LogP contribution in [0.1, 0.15) is 13.8 Å². The lowest BCUT2D eigenvalue weighted by Gasteiger charge is -2.37. The van der Waals surface area contributed by atoms with Crippen LogP contribution in [0.4, 0.5) is 11.9 Å². The minimum atomic E-state index is 0.252. The molecule has 1 fully saturated rings. The molecular formula is C11H18ClN5S. The van der Waals surface area contributed by atoms with E-state index in [1.165, 1.54) is 0 Å². The van der Waals surface area contributed by atoms with Gasteiger partial charge in [0.15, 0.2) is 0 Å². The monoisotopic (exact) mass is 287 g/mol. The highest BCUT2D eigenvalue weighted by molar-refractivity contribution is 8.00. The van der Waals surface area contributed by atoms with Crippen molar-refractivity contribution in [1.29, 1.82) is 0 Å². The molecule has 18 heavy (non-hydrogen) atoms. The summed E-state index contributed by atoms with van der Waals surface area (Å²) in [5.41, 5.74) is 0. The average molecular weight is 288 g/mol. The van der Waals surface area contributed by atoms with Crippen LogP contribution < -0.4 is 9.80 Å². The quantitative estimate of drug-likeness (QED) is 0.828. The fourth-order valence-corrected chi connectivity index (χ4v) is 3.12. The Hall–Kier alpha value is -0.750. The summed E-state index contributed by atoms with van der Waals surface area (Å²) < 4.78 is 0. The minimum Gasteiger partial charge on any atom is -0.347 e. The van der Waals surface area contributed by atoms with Crippen molar-refractivity contribution in [2.45, 2.75) is 25.1 Å². The fourth-order valence-electron chi connectivity index (χ4n) is 1.87. The van der Waals surface area contributed by atoms with Crippen LogP contribution in [0.3, 0.4) is 0 Å². The van der Waals surface area contributed by atoms with Gasteiger partial charge in [0.05, 0.1) is 0 Å². The smallest absolute Gasteiger partial charge is 0.231 e. The number of anilines is 2. The Morgan fingerprint density at radius 1 is 1.28 bits per heavy atom. The van der Waals surface area contributed by atoms with Gasteiger partial charge in [-0.1, -0.05) is 6.92 Å². The Kier molecular flexibility index (Phi) is 4.17. The van der Waals surface area contributed by atoms with Crippen LogP contribution in [0.15, 0.2) is 0 Å². The van der Waals surface area contributed by atoms with Gasteiger partial charge in [-0.25, -0.2) is 0 Å². The molecule has 1 aliphatic heterocycles. The van der Waals surface area contributed by atoms with E-state index in [0.29, 0.717) is 23.2 Å². The van der Waals surface area contributed by atoms with E-state index in [-0.39, 0.29) is 5.28 Å². The summed E-state index contributed by atoms with van der Waals surface area (Å²) >= 11 is 7.96. The number of aromatic nitrogens is 3. The molecule has 2 rings (SSSR count).